The van der Waals surface area contributed by atoms with Crippen LogP contribution in [0.2, 0.25) is 0 Å². The molecule has 0 amide bonds. The largest absolute Gasteiger partial charge is 0.457 e. The summed E-state index contributed by atoms with van der Waals surface area (Å²) in [5, 5.41) is 0. The Morgan fingerprint density at radius 1 is 0.900 bits per heavy atom. The Bertz CT molecular complexity index is 627. The number of hydrogen-bond donors (Lipinski definition) is 0. The summed E-state index contributed by atoms with van der Waals surface area (Å²) in [6.45, 7) is 0. The molecule has 0 saturated carbocycles. The van der Waals surface area contributed by atoms with Gasteiger partial charge in [-0.15, -0.1) is 0 Å². The van der Waals surface area contributed by atoms with Gasteiger partial charge in [-0.2, -0.15) is 18.2 Å². The van der Waals surface area contributed by atoms with Crippen molar-refractivity contribution in [3.05, 3.63) is 54.1 Å². The molecule has 3 nitrogen and oxygen atoms in total. The predicted octanol–water partition coefficient (Wildman–Crippen LogP) is 4.47. The highest BCUT2D eigenvalue weighted by Gasteiger charge is 2.29. The number of rotatable bonds is 3. The van der Waals surface area contributed by atoms with Crippen molar-refractivity contribution in [1.29, 1.82) is 0 Å². The Hall–Kier alpha value is -2.59. The van der Waals surface area contributed by atoms with Crippen molar-refractivity contribution in [2.24, 2.45) is 4.99 Å². The fourth-order valence-electron chi connectivity index (χ4n) is 1.49. The van der Waals surface area contributed by atoms with E-state index in [1.165, 1.54) is 30.3 Å². The molecule has 20 heavy (non-hydrogen) atoms. The minimum Gasteiger partial charge on any atom is -0.457 e. The molecule has 0 aliphatic heterocycles. The van der Waals surface area contributed by atoms with Crippen LogP contribution < -0.4 is 4.74 Å². The summed E-state index contributed by atoms with van der Waals surface area (Å²) in [7, 11) is 0. The maximum Gasteiger partial charge on any atom is 0.416 e. The average molecular weight is 279 g/mol. The lowest BCUT2D eigenvalue weighted by Crippen LogP contribution is -2.03. The molecule has 2 aromatic carbocycles. The molecule has 0 heterocycles. The standard InChI is InChI=1S/C14H8F3NO2/c15-14(16,17)10-1-5-12(6-2-10)20-13-7-3-11(4-8-13)18-9-19/h1-8H. The van der Waals surface area contributed by atoms with Gasteiger partial charge in [0.25, 0.3) is 0 Å². The van der Waals surface area contributed by atoms with E-state index in [2.05, 4.69) is 4.99 Å². The van der Waals surface area contributed by atoms with Crippen LogP contribution in [0.1, 0.15) is 5.56 Å². The van der Waals surface area contributed by atoms with Gasteiger partial charge in [-0.05, 0) is 48.5 Å². The maximum atomic E-state index is 12.4. The third-order valence-corrected chi connectivity index (χ3v) is 2.43. The van der Waals surface area contributed by atoms with Crippen molar-refractivity contribution in [2.75, 3.05) is 0 Å². The van der Waals surface area contributed by atoms with Gasteiger partial charge >= 0.3 is 6.18 Å². The maximum absolute atomic E-state index is 12.4. The Labute approximate surface area is 112 Å². The summed E-state index contributed by atoms with van der Waals surface area (Å²) in [5.41, 5.74) is -0.319. The van der Waals surface area contributed by atoms with E-state index in [1.807, 2.05) is 0 Å². The summed E-state index contributed by atoms with van der Waals surface area (Å²) in [6, 6.07) is 10.5. The molecule has 0 aromatic heterocycles. The van der Waals surface area contributed by atoms with Gasteiger partial charge in [0, 0.05) is 0 Å². The lowest BCUT2D eigenvalue weighted by molar-refractivity contribution is -0.137. The second kappa shape index (κ2) is 5.59. The van der Waals surface area contributed by atoms with Gasteiger partial charge in [-0.3, -0.25) is 0 Å². The molecule has 2 aromatic rings. The van der Waals surface area contributed by atoms with Crippen molar-refractivity contribution in [3.63, 3.8) is 0 Å². The van der Waals surface area contributed by atoms with E-state index in [1.54, 1.807) is 12.1 Å². The van der Waals surface area contributed by atoms with E-state index in [9.17, 15) is 18.0 Å². The third kappa shape index (κ3) is 3.46. The van der Waals surface area contributed by atoms with Crippen LogP contribution in [-0.2, 0) is 11.0 Å². The molecule has 0 bridgehead atoms. The van der Waals surface area contributed by atoms with Gasteiger partial charge < -0.3 is 4.74 Å². The van der Waals surface area contributed by atoms with Crippen LogP contribution in [-0.4, -0.2) is 6.08 Å². The number of hydrogen-bond acceptors (Lipinski definition) is 3. The first-order valence-corrected chi connectivity index (χ1v) is 5.52. The Balaban J connectivity index is 2.12. The monoisotopic (exact) mass is 279 g/mol. The van der Waals surface area contributed by atoms with Crippen LogP contribution in [0, 0.1) is 0 Å². The number of alkyl halides is 3. The summed E-state index contributed by atoms with van der Waals surface area (Å²) in [6.07, 6.45) is -2.97. The normalized spacial score (nSPS) is 10.8. The Morgan fingerprint density at radius 3 is 1.85 bits per heavy atom. The molecule has 0 spiro atoms. The molecule has 2 rings (SSSR count). The number of benzene rings is 2. The average Bonchev–Trinajstić information content (AvgIpc) is 2.41. The van der Waals surface area contributed by atoms with Crippen LogP contribution in [0.25, 0.3) is 0 Å². The highest BCUT2D eigenvalue weighted by molar-refractivity contribution is 5.50. The van der Waals surface area contributed by atoms with E-state index in [0.29, 0.717) is 11.4 Å². The minimum absolute atomic E-state index is 0.282. The number of aliphatic imine (C=N–C) groups is 1. The van der Waals surface area contributed by atoms with E-state index in [0.717, 1.165) is 12.1 Å². The summed E-state index contributed by atoms with van der Waals surface area (Å²) in [5.74, 6) is 0.708. The first-order valence-electron chi connectivity index (χ1n) is 5.52. The van der Waals surface area contributed by atoms with Crippen molar-refractivity contribution in [1.82, 2.24) is 0 Å². The van der Waals surface area contributed by atoms with Crippen molar-refractivity contribution in [2.45, 2.75) is 6.18 Å². The smallest absolute Gasteiger partial charge is 0.416 e. The Kier molecular flexibility index (Phi) is 3.86. The van der Waals surface area contributed by atoms with E-state index < -0.39 is 11.7 Å². The van der Waals surface area contributed by atoms with Gasteiger partial charge in [0.15, 0.2) is 0 Å². The van der Waals surface area contributed by atoms with Crippen LogP contribution in [0.15, 0.2) is 53.5 Å². The molecule has 0 radical (unpaired) electrons. The zero-order valence-corrected chi connectivity index (χ0v) is 10.0. The molecule has 0 saturated heterocycles. The molecule has 0 fully saturated rings. The number of isocyanates is 1. The van der Waals surface area contributed by atoms with Crippen LogP contribution >= 0.6 is 0 Å². The lowest BCUT2D eigenvalue weighted by atomic mass is 10.2. The molecule has 0 aliphatic rings. The highest BCUT2D eigenvalue weighted by atomic mass is 19.4. The Morgan fingerprint density at radius 2 is 1.40 bits per heavy atom. The lowest BCUT2D eigenvalue weighted by Gasteiger charge is -2.09. The van der Waals surface area contributed by atoms with Crippen LogP contribution in [0.3, 0.4) is 0 Å². The quantitative estimate of drug-likeness (QED) is 0.614. The number of halogens is 3. The number of nitrogens with zero attached hydrogens (tertiary/aromatic N) is 1. The van der Waals surface area contributed by atoms with Gasteiger partial charge in [0.05, 0.1) is 11.3 Å². The third-order valence-electron chi connectivity index (χ3n) is 2.43. The highest BCUT2D eigenvalue weighted by Crippen LogP contribution is 2.31. The fourth-order valence-corrected chi connectivity index (χ4v) is 1.49. The predicted molar refractivity (Wildman–Crippen MR) is 65.7 cm³/mol. The second-order valence-corrected chi connectivity index (χ2v) is 3.82. The SMILES string of the molecule is O=C=Nc1ccc(Oc2ccc(C(F)(F)F)cc2)cc1. The van der Waals surface area contributed by atoms with Crippen LogP contribution in [0.5, 0.6) is 11.5 Å². The molecule has 102 valence electrons. The molecule has 0 atom stereocenters. The molecule has 0 aliphatic carbocycles. The van der Waals surface area contributed by atoms with Gasteiger partial charge in [0.2, 0.25) is 6.08 Å². The van der Waals surface area contributed by atoms with Crippen molar-refractivity contribution >= 4 is 11.8 Å². The first kappa shape index (κ1) is 13.8. The summed E-state index contributed by atoms with van der Waals surface area (Å²) >= 11 is 0. The molecule has 6 heteroatoms. The first-order chi connectivity index (χ1) is 9.49. The number of ether oxygens (including phenoxy) is 1. The van der Waals surface area contributed by atoms with Crippen molar-refractivity contribution in [3.8, 4) is 11.5 Å². The minimum atomic E-state index is -4.37. The topological polar surface area (TPSA) is 38.7 Å². The zero-order chi connectivity index (χ0) is 14.6. The van der Waals surface area contributed by atoms with E-state index in [4.69, 9.17) is 4.74 Å². The second-order valence-electron chi connectivity index (χ2n) is 3.82. The summed E-state index contributed by atoms with van der Waals surface area (Å²) < 4.78 is 42.5. The number of carbonyl (C=O) groups excluding carboxylic acids is 1. The molecular weight excluding hydrogens is 271 g/mol. The van der Waals surface area contributed by atoms with Crippen molar-refractivity contribution < 1.29 is 22.7 Å². The van der Waals surface area contributed by atoms with Gasteiger partial charge in [-0.1, -0.05) is 0 Å². The van der Waals surface area contributed by atoms with E-state index in [-0.39, 0.29) is 5.75 Å². The fraction of sp³-hybridized carbons (Fsp3) is 0.0714. The molecular formula is C14H8F3NO2. The molecule has 0 N–H and O–H groups in total. The molecule has 0 unspecified atom stereocenters. The van der Waals surface area contributed by atoms with E-state index >= 15 is 0 Å². The summed E-state index contributed by atoms with van der Waals surface area (Å²) in [4.78, 5) is 13.5. The van der Waals surface area contributed by atoms with Gasteiger partial charge in [0.1, 0.15) is 11.5 Å². The zero-order valence-electron chi connectivity index (χ0n) is 10.0. The van der Waals surface area contributed by atoms with Gasteiger partial charge in [-0.25, -0.2) is 4.79 Å². The van der Waals surface area contributed by atoms with Crippen LogP contribution in [0.4, 0.5) is 18.9 Å².